The molecule has 1 aliphatic rings. The Morgan fingerprint density at radius 1 is 1.50 bits per heavy atom. The van der Waals surface area contributed by atoms with Crippen LogP contribution in [0.15, 0.2) is 6.07 Å². The Kier molecular flexibility index (Phi) is 6.38. The lowest BCUT2D eigenvalue weighted by molar-refractivity contribution is -0.137. The molecule has 9 heteroatoms. The number of hydrogen-bond acceptors (Lipinski definition) is 6. The number of aryl methyl sites for hydroxylation is 2. The number of hydrogen-bond donors (Lipinski definition) is 1. The van der Waals surface area contributed by atoms with Gasteiger partial charge in [0, 0.05) is 35.9 Å². The van der Waals surface area contributed by atoms with Crippen molar-refractivity contribution in [1.82, 2.24) is 9.21 Å². The number of sulfonamides is 1. The zero-order valence-corrected chi connectivity index (χ0v) is 15.8. The highest BCUT2D eigenvalue weighted by Gasteiger charge is 2.28. The van der Waals surface area contributed by atoms with Crippen LogP contribution in [0, 0.1) is 13.8 Å². The van der Waals surface area contributed by atoms with Gasteiger partial charge < -0.3 is 9.84 Å². The van der Waals surface area contributed by atoms with Crippen molar-refractivity contribution in [3.63, 3.8) is 0 Å². The number of carbonyl (C=O) groups is 1. The van der Waals surface area contributed by atoms with E-state index in [0.29, 0.717) is 13.2 Å². The third kappa shape index (κ3) is 5.52. The van der Waals surface area contributed by atoms with Gasteiger partial charge in [-0.2, -0.15) is 4.31 Å². The lowest BCUT2D eigenvalue weighted by atomic mass is 10.2. The van der Waals surface area contributed by atoms with Crippen LogP contribution in [0.4, 0.5) is 0 Å². The lowest BCUT2D eigenvalue weighted by Crippen LogP contribution is -2.49. The van der Waals surface area contributed by atoms with E-state index < -0.39 is 22.5 Å². The zero-order valence-electron chi connectivity index (χ0n) is 14.2. The molecule has 0 amide bonds. The van der Waals surface area contributed by atoms with Crippen LogP contribution >= 0.6 is 11.3 Å². The second-order valence-corrected chi connectivity index (χ2v) is 9.56. The highest BCUT2D eigenvalue weighted by Crippen LogP contribution is 2.23. The Morgan fingerprint density at radius 3 is 2.75 bits per heavy atom. The smallest absolute Gasteiger partial charge is 0.318 e. The molecule has 7 nitrogen and oxygen atoms in total. The van der Waals surface area contributed by atoms with Gasteiger partial charge in [-0.3, -0.25) is 9.69 Å². The normalized spacial score (nSPS) is 19.8. The van der Waals surface area contributed by atoms with E-state index in [1.54, 1.807) is 11.3 Å². The number of carboxylic acids is 1. The predicted octanol–water partition coefficient (Wildman–Crippen LogP) is 0.912. The summed E-state index contributed by atoms with van der Waals surface area (Å²) >= 11 is 1.77. The van der Waals surface area contributed by atoms with E-state index in [0.717, 1.165) is 23.7 Å². The summed E-state index contributed by atoms with van der Waals surface area (Å²) in [5, 5.41) is 8.90. The zero-order chi connectivity index (χ0) is 17.9. The summed E-state index contributed by atoms with van der Waals surface area (Å²) < 4.78 is 30.1. The molecular formula is C15H24N2O5S2. The van der Waals surface area contributed by atoms with Crippen molar-refractivity contribution in [1.29, 1.82) is 0 Å². The summed E-state index contributed by atoms with van der Waals surface area (Å²) in [7, 11) is -3.58. The topological polar surface area (TPSA) is 87.2 Å². The van der Waals surface area contributed by atoms with E-state index in [1.165, 1.54) is 15.3 Å². The number of carboxylic acid groups (broad SMARTS) is 1. The summed E-state index contributed by atoms with van der Waals surface area (Å²) in [5.41, 5.74) is 1.28. The minimum absolute atomic E-state index is 0.0588. The maximum absolute atomic E-state index is 11.8. The van der Waals surface area contributed by atoms with Crippen molar-refractivity contribution in [2.24, 2.45) is 0 Å². The average molecular weight is 377 g/mol. The Morgan fingerprint density at radius 2 is 2.21 bits per heavy atom. The quantitative estimate of drug-likeness (QED) is 0.761. The molecule has 0 bridgehead atoms. The summed E-state index contributed by atoms with van der Waals surface area (Å²) in [6.07, 6.45) is 0.696. The van der Waals surface area contributed by atoms with Gasteiger partial charge in [0.25, 0.3) is 0 Å². The first-order valence-corrected chi connectivity index (χ1v) is 10.4. The van der Waals surface area contributed by atoms with Crippen molar-refractivity contribution in [2.75, 3.05) is 39.0 Å². The molecule has 0 radical (unpaired) electrons. The second-order valence-electron chi connectivity index (χ2n) is 6.12. The molecule has 2 rings (SSSR count). The predicted molar refractivity (Wildman–Crippen MR) is 92.9 cm³/mol. The standard InChI is InChI=1S/C15H24N2O5S2/c1-11-6-13(12(2)23-11)7-16-4-5-22-14(8-16)9-17(10-15(18)19)24(3,20)21/h6,14H,4-5,7-10H2,1-3H3,(H,18,19). The highest BCUT2D eigenvalue weighted by atomic mass is 32.2. The summed E-state index contributed by atoms with van der Waals surface area (Å²) in [4.78, 5) is 15.7. The molecule has 1 fully saturated rings. The highest BCUT2D eigenvalue weighted by molar-refractivity contribution is 7.88. The van der Waals surface area contributed by atoms with E-state index in [9.17, 15) is 13.2 Å². The van der Waals surface area contributed by atoms with Gasteiger partial charge in [-0.15, -0.1) is 11.3 Å². The Labute approximate surface area is 146 Å². The lowest BCUT2D eigenvalue weighted by Gasteiger charge is -2.34. The number of nitrogens with zero attached hydrogens (tertiary/aromatic N) is 2. The fourth-order valence-electron chi connectivity index (χ4n) is 2.81. The number of thiophene rings is 1. The maximum atomic E-state index is 11.8. The first-order chi connectivity index (χ1) is 11.1. The van der Waals surface area contributed by atoms with Gasteiger partial charge in [0.2, 0.25) is 10.0 Å². The molecule has 1 aliphatic heterocycles. The SMILES string of the molecule is Cc1cc(CN2CCOC(CN(CC(=O)O)S(C)(=O)=O)C2)c(C)s1. The van der Waals surface area contributed by atoms with Crippen LogP contribution in [0.3, 0.4) is 0 Å². The van der Waals surface area contributed by atoms with Gasteiger partial charge >= 0.3 is 5.97 Å². The number of rotatable bonds is 7. The molecule has 1 aromatic heterocycles. The molecule has 0 saturated carbocycles. The fraction of sp³-hybridized carbons (Fsp3) is 0.667. The fourth-order valence-corrected chi connectivity index (χ4v) is 4.53. The Hall–Kier alpha value is -1.00. The molecule has 1 atom stereocenters. The van der Waals surface area contributed by atoms with Crippen molar-refractivity contribution in [3.05, 3.63) is 21.4 Å². The molecule has 0 spiro atoms. The molecule has 1 unspecified atom stereocenters. The molecule has 2 heterocycles. The van der Waals surface area contributed by atoms with E-state index in [4.69, 9.17) is 9.84 Å². The number of aliphatic carboxylic acids is 1. The minimum atomic E-state index is -3.58. The van der Waals surface area contributed by atoms with Crippen LogP contribution in [-0.2, 0) is 26.1 Å². The van der Waals surface area contributed by atoms with Crippen molar-refractivity contribution in [2.45, 2.75) is 26.5 Å². The van der Waals surface area contributed by atoms with Crippen LogP contribution in [0.5, 0.6) is 0 Å². The molecule has 0 aliphatic carbocycles. The van der Waals surface area contributed by atoms with Crippen LogP contribution < -0.4 is 0 Å². The summed E-state index contributed by atoms with van der Waals surface area (Å²) in [6, 6.07) is 2.18. The molecule has 24 heavy (non-hydrogen) atoms. The first-order valence-electron chi connectivity index (χ1n) is 7.72. The van der Waals surface area contributed by atoms with Gasteiger partial charge in [0.15, 0.2) is 0 Å². The molecule has 136 valence electrons. The van der Waals surface area contributed by atoms with Crippen LogP contribution in [0.25, 0.3) is 0 Å². The van der Waals surface area contributed by atoms with Gasteiger partial charge in [-0.05, 0) is 25.5 Å². The summed E-state index contributed by atoms with van der Waals surface area (Å²) in [6.45, 7) is 6.38. The van der Waals surface area contributed by atoms with Gasteiger partial charge in [-0.25, -0.2) is 8.42 Å². The van der Waals surface area contributed by atoms with Crippen LogP contribution in [0.1, 0.15) is 15.3 Å². The van der Waals surface area contributed by atoms with Crippen LogP contribution in [-0.4, -0.2) is 73.8 Å². The van der Waals surface area contributed by atoms with E-state index in [2.05, 4.69) is 24.8 Å². The van der Waals surface area contributed by atoms with Crippen molar-refractivity contribution >= 4 is 27.3 Å². The third-order valence-corrected chi connectivity index (χ3v) is 6.17. The minimum Gasteiger partial charge on any atom is -0.480 e. The van der Waals surface area contributed by atoms with Crippen molar-refractivity contribution in [3.8, 4) is 0 Å². The molecule has 1 aromatic rings. The monoisotopic (exact) mass is 376 g/mol. The van der Waals surface area contributed by atoms with E-state index >= 15 is 0 Å². The Bertz CT molecular complexity index is 686. The van der Waals surface area contributed by atoms with Crippen molar-refractivity contribution < 1.29 is 23.1 Å². The van der Waals surface area contributed by atoms with E-state index in [-0.39, 0.29) is 12.6 Å². The second kappa shape index (κ2) is 7.92. The van der Waals surface area contributed by atoms with Gasteiger partial charge in [0.05, 0.1) is 19.0 Å². The largest absolute Gasteiger partial charge is 0.480 e. The molecular weight excluding hydrogens is 352 g/mol. The molecule has 1 N–H and O–H groups in total. The van der Waals surface area contributed by atoms with Crippen LogP contribution in [0.2, 0.25) is 0 Å². The number of morpholine rings is 1. The van der Waals surface area contributed by atoms with E-state index in [1.807, 2.05) is 0 Å². The third-order valence-electron chi connectivity index (χ3n) is 3.95. The van der Waals surface area contributed by atoms with Gasteiger partial charge in [0.1, 0.15) is 6.54 Å². The average Bonchev–Trinajstić information content (AvgIpc) is 2.75. The van der Waals surface area contributed by atoms with Gasteiger partial charge in [-0.1, -0.05) is 0 Å². The Balaban J connectivity index is 1.99. The summed E-state index contributed by atoms with van der Waals surface area (Å²) in [5.74, 6) is -1.17. The molecule has 1 saturated heterocycles. The number of ether oxygens (including phenoxy) is 1. The molecule has 0 aromatic carbocycles. The maximum Gasteiger partial charge on any atom is 0.318 e. The first kappa shape index (κ1) is 19.3.